The lowest BCUT2D eigenvalue weighted by molar-refractivity contribution is 0.0965. The van der Waals surface area contributed by atoms with E-state index in [1.54, 1.807) is 6.07 Å². The summed E-state index contributed by atoms with van der Waals surface area (Å²) in [6.45, 7) is 9.20. The van der Waals surface area contributed by atoms with Gasteiger partial charge in [-0.3, -0.25) is 4.79 Å². The van der Waals surface area contributed by atoms with Crippen molar-refractivity contribution in [1.29, 1.82) is 0 Å². The Balaban J connectivity index is 2.52. The van der Waals surface area contributed by atoms with E-state index in [0.29, 0.717) is 12.1 Å². The third-order valence-corrected chi connectivity index (χ3v) is 3.53. The van der Waals surface area contributed by atoms with Gasteiger partial charge in [-0.05, 0) is 38.1 Å². The molecule has 19 heavy (non-hydrogen) atoms. The molecule has 0 bridgehead atoms. The second-order valence-electron chi connectivity index (χ2n) is 5.03. The standard InChI is InChI=1S/C16H26N2O/c1-4-6-10-18(5-2)11-9-16(19)14-8-7-13(3)15(17)12-14/h7-8,12H,4-6,9-11,17H2,1-3H3. The fourth-order valence-electron chi connectivity index (χ4n) is 2.03. The Morgan fingerprint density at radius 2 is 2.00 bits per heavy atom. The van der Waals surface area contributed by atoms with E-state index < -0.39 is 0 Å². The smallest absolute Gasteiger partial charge is 0.164 e. The maximum Gasteiger partial charge on any atom is 0.164 e. The second-order valence-corrected chi connectivity index (χ2v) is 5.03. The quantitative estimate of drug-likeness (QED) is 0.577. The van der Waals surface area contributed by atoms with Crippen LogP contribution < -0.4 is 5.73 Å². The maximum atomic E-state index is 12.1. The summed E-state index contributed by atoms with van der Waals surface area (Å²) in [5, 5.41) is 0. The van der Waals surface area contributed by atoms with Crippen molar-refractivity contribution in [3.8, 4) is 0 Å². The zero-order valence-corrected chi connectivity index (χ0v) is 12.4. The molecule has 3 nitrogen and oxygen atoms in total. The number of nitrogens with zero attached hydrogens (tertiary/aromatic N) is 1. The molecule has 1 aromatic carbocycles. The van der Waals surface area contributed by atoms with Crippen LogP contribution in [0.5, 0.6) is 0 Å². The average Bonchev–Trinajstić information content (AvgIpc) is 2.41. The molecule has 0 atom stereocenters. The number of nitrogens with two attached hydrogens (primary N) is 1. The van der Waals surface area contributed by atoms with E-state index in [2.05, 4.69) is 18.7 Å². The first-order valence-electron chi connectivity index (χ1n) is 7.20. The fourth-order valence-corrected chi connectivity index (χ4v) is 2.03. The van der Waals surface area contributed by atoms with Crippen LogP contribution in [0.3, 0.4) is 0 Å². The molecule has 0 aromatic heterocycles. The summed E-state index contributed by atoms with van der Waals surface area (Å²) in [6, 6.07) is 5.58. The number of nitrogen functional groups attached to an aromatic ring is 1. The van der Waals surface area contributed by atoms with Crippen molar-refractivity contribution in [2.24, 2.45) is 0 Å². The summed E-state index contributed by atoms with van der Waals surface area (Å²) < 4.78 is 0. The molecule has 0 radical (unpaired) electrons. The van der Waals surface area contributed by atoms with Crippen LogP contribution >= 0.6 is 0 Å². The molecule has 1 rings (SSSR count). The molecule has 0 spiro atoms. The zero-order chi connectivity index (χ0) is 14.3. The largest absolute Gasteiger partial charge is 0.398 e. The molecule has 0 saturated carbocycles. The number of carbonyl (C=O) groups is 1. The Kier molecular flexibility index (Phi) is 6.57. The number of unbranched alkanes of at least 4 members (excludes halogenated alkanes) is 1. The number of aryl methyl sites for hydroxylation is 1. The minimum atomic E-state index is 0.182. The molecule has 1 aromatic rings. The Labute approximate surface area is 116 Å². The van der Waals surface area contributed by atoms with Gasteiger partial charge >= 0.3 is 0 Å². The summed E-state index contributed by atoms with van der Waals surface area (Å²) in [7, 11) is 0. The van der Waals surface area contributed by atoms with Gasteiger partial charge in [-0.2, -0.15) is 0 Å². The number of benzene rings is 1. The molecule has 0 aliphatic heterocycles. The summed E-state index contributed by atoms with van der Waals surface area (Å²) >= 11 is 0. The molecule has 0 unspecified atom stereocenters. The number of carbonyl (C=O) groups excluding carboxylic acids is 1. The van der Waals surface area contributed by atoms with Crippen molar-refractivity contribution in [2.45, 2.75) is 40.0 Å². The van der Waals surface area contributed by atoms with Crippen molar-refractivity contribution in [3.63, 3.8) is 0 Å². The van der Waals surface area contributed by atoms with Crippen molar-refractivity contribution >= 4 is 11.5 Å². The lowest BCUT2D eigenvalue weighted by Gasteiger charge is -2.19. The molecule has 0 heterocycles. The number of ketones is 1. The van der Waals surface area contributed by atoms with Crippen LogP contribution in [0, 0.1) is 6.92 Å². The number of Topliss-reactive ketones (excluding diaryl/α,β-unsaturated/α-hetero) is 1. The van der Waals surface area contributed by atoms with Gasteiger partial charge in [0.15, 0.2) is 5.78 Å². The third-order valence-electron chi connectivity index (χ3n) is 3.53. The molecule has 2 N–H and O–H groups in total. The van der Waals surface area contributed by atoms with Crippen LogP contribution in [0.2, 0.25) is 0 Å². The Bertz CT molecular complexity index is 415. The van der Waals surface area contributed by atoms with Gasteiger partial charge in [0.05, 0.1) is 0 Å². The molecular weight excluding hydrogens is 236 g/mol. The van der Waals surface area contributed by atoms with Gasteiger partial charge in [-0.1, -0.05) is 32.4 Å². The molecule has 3 heteroatoms. The van der Waals surface area contributed by atoms with Crippen LogP contribution in [0.4, 0.5) is 5.69 Å². The molecule has 106 valence electrons. The first-order chi connectivity index (χ1) is 9.08. The van der Waals surface area contributed by atoms with Crippen LogP contribution in [0.25, 0.3) is 0 Å². The summed E-state index contributed by atoms with van der Waals surface area (Å²) in [5.74, 6) is 0.182. The van der Waals surface area contributed by atoms with Crippen molar-refractivity contribution in [2.75, 3.05) is 25.4 Å². The minimum Gasteiger partial charge on any atom is -0.398 e. The lowest BCUT2D eigenvalue weighted by Crippen LogP contribution is -2.27. The van der Waals surface area contributed by atoms with Gasteiger partial charge in [0.1, 0.15) is 0 Å². The van der Waals surface area contributed by atoms with Gasteiger partial charge < -0.3 is 10.6 Å². The van der Waals surface area contributed by atoms with Crippen LogP contribution in [-0.4, -0.2) is 30.3 Å². The van der Waals surface area contributed by atoms with E-state index in [1.165, 1.54) is 12.8 Å². The predicted molar refractivity (Wildman–Crippen MR) is 81.6 cm³/mol. The van der Waals surface area contributed by atoms with Gasteiger partial charge in [0.2, 0.25) is 0 Å². The highest BCUT2D eigenvalue weighted by molar-refractivity contribution is 5.97. The monoisotopic (exact) mass is 262 g/mol. The number of hydrogen-bond donors (Lipinski definition) is 1. The van der Waals surface area contributed by atoms with Crippen LogP contribution in [-0.2, 0) is 0 Å². The minimum absolute atomic E-state index is 0.182. The topological polar surface area (TPSA) is 46.3 Å². The van der Waals surface area contributed by atoms with E-state index in [9.17, 15) is 4.79 Å². The number of rotatable bonds is 8. The van der Waals surface area contributed by atoms with Gasteiger partial charge in [-0.25, -0.2) is 0 Å². The van der Waals surface area contributed by atoms with E-state index >= 15 is 0 Å². The van der Waals surface area contributed by atoms with Crippen LogP contribution in [0.15, 0.2) is 18.2 Å². The molecule has 0 aliphatic carbocycles. The lowest BCUT2D eigenvalue weighted by atomic mass is 10.0. The summed E-state index contributed by atoms with van der Waals surface area (Å²) in [4.78, 5) is 14.5. The van der Waals surface area contributed by atoms with E-state index in [1.807, 2.05) is 19.1 Å². The molecule has 0 amide bonds. The molecular formula is C16H26N2O. The van der Waals surface area contributed by atoms with E-state index in [0.717, 1.165) is 30.8 Å². The maximum absolute atomic E-state index is 12.1. The highest BCUT2D eigenvalue weighted by Gasteiger charge is 2.09. The Morgan fingerprint density at radius 3 is 2.58 bits per heavy atom. The first kappa shape index (κ1) is 15.7. The van der Waals surface area contributed by atoms with Gasteiger partial charge in [-0.15, -0.1) is 0 Å². The van der Waals surface area contributed by atoms with Crippen molar-refractivity contribution in [1.82, 2.24) is 4.90 Å². The average molecular weight is 262 g/mol. The predicted octanol–water partition coefficient (Wildman–Crippen LogP) is 3.27. The molecule has 0 aliphatic rings. The zero-order valence-electron chi connectivity index (χ0n) is 12.4. The SMILES string of the molecule is CCCCN(CC)CCC(=O)c1ccc(C)c(N)c1. The highest BCUT2D eigenvalue weighted by atomic mass is 16.1. The molecule has 0 saturated heterocycles. The van der Waals surface area contributed by atoms with Crippen LogP contribution in [0.1, 0.15) is 49.0 Å². The third kappa shape index (κ3) is 5.03. The van der Waals surface area contributed by atoms with E-state index in [4.69, 9.17) is 5.73 Å². The number of hydrogen-bond acceptors (Lipinski definition) is 3. The van der Waals surface area contributed by atoms with Crippen molar-refractivity contribution < 1.29 is 4.79 Å². The summed E-state index contributed by atoms with van der Waals surface area (Å²) in [6.07, 6.45) is 2.96. The fraction of sp³-hybridized carbons (Fsp3) is 0.562. The summed E-state index contributed by atoms with van der Waals surface area (Å²) in [5.41, 5.74) is 8.30. The normalized spacial score (nSPS) is 10.9. The van der Waals surface area contributed by atoms with Crippen molar-refractivity contribution in [3.05, 3.63) is 29.3 Å². The van der Waals surface area contributed by atoms with Gasteiger partial charge in [0.25, 0.3) is 0 Å². The van der Waals surface area contributed by atoms with Gasteiger partial charge in [0, 0.05) is 24.2 Å². The number of anilines is 1. The van der Waals surface area contributed by atoms with E-state index in [-0.39, 0.29) is 5.78 Å². The first-order valence-corrected chi connectivity index (χ1v) is 7.20. The highest BCUT2D eigenvalue weighted by Crippen LogP contribution is 2.14. The second kappa shape index (κ2) is 7.95. The Hall–Kier alpha value is -1.35. The Morgan fingerprint density at radius 1 is 1.26 bits per heavy atom. The molecule has 0 fully saturated rings.